The number of allylic oxidation sites excluding steroid dienone is 2. The van der Waals surface area contributed by atoms with Crippen LogP contribution in [0.25, 0.3) is 4.85 Å². The number of anilines is 1. The van der Waals surface area contributed by atoms with Crippen LogP contribution in [0.1, 0.15) is 36.8 Å². The molecule has 0 bridgehead atoms. The Morgan fingerprint density at radius 1 is 1.33 bits per heavy atom. The Kier molecular flexibility index (Phi) is 3.68. The Morgan fingerprint density at radius 2 is 2.14 bits per heavy atom. The van der Waals surface area contributed by atoms with Crippen LogP contribution >= 0.6 is 11.6 Å². The number of hydrogen-bond donors (Lipinski definition) is 2. The first kappa shape index (κ1) is 13.7. The minimum absolute atomic E-state index is 0.159. The Labute approximate surface area is 128 Å². The van der Waals surface area contributed by atoms with E-state index in [1.165, 1.54) is 0 Å². The molecule has 0 spiro atoms. The first-order valence-electron chi connectivity index (χ1n) is 6.91. The largest absolute Gasteiger partial charge is 0.354 e. The monoisotopic (exact) mass is 298 g/mol. The zero-order valence-electron chi connectivity index (χ0n) is 11.7. The molecule has 21 heavy (non-hydrogen) atoms. The number of H-pyrrole nitrogens is 1. The highest BCUT2D eigenvalue weighted by atomic mass is 35.5. The lowest BCUT2D eigenvalue weighted by Gasteiger charge is -2.26. The van der Waals surface area contributed by atoms with E-state index in [0.29, 0.717) is 10.7 Å². The van der Waals surface area contributed by atoms with Crippen LogP contribution in [0.15, 0.2) is 41.9 Å². The fourth-order valence-electron chi connectivity index (χ4n) is 2.75. The van der Waals surface area contributed by atoms with E-state index in [1.54, 1.807) is 6.20 Å². The van der Waals surface area contributed by atoms with Gasteiger partial charge in [0.1, 0.15) is 5.82 Å². The third kappa shape index (κ3) is 2.30. The Bertz CT molecular complexity index is 739. The molecule has 1 aliphatic rings. The zero-order chi connectivity index (χ0) is 14.8. The van der Waals surface area contributed by atoms with E-state index in [4.69, 9.17) is 18.2 Å². The minimum atomic E-state index is -0.159. The van der Waals surface area contributed by atoms with Gasteiger partial charge in [-0.15, -0.1) is 0 Å². The maximum atomic E-state index is 7.60. The number of hydrogen-bond acceptors (Lipinski definition) is 2. The molecule has 4 nitrogen and oxygen atoms in total. The zero-order valence-corrected chi connectivity index (χ0v) is 12.4. The number of aromatic nitrogens is 2. The van der Waals surface area contributed by atoms with Crippen LogP contribution in [-0.4, -0.2) is 10.2 Å². The molecule has 0 aliphatic carbocycles. The standard InChI is InChI=1S/C16H15ClN4/c1-3-6-13-15(18-2)14(10-7-4-5-8-12(10)17)11-9-19-21-16(11)20-13/h4-5,7-9,14H,3,6H2,1H3,(H2,19,20,21). The molecule has 1 aromatic heterocycles. The van der Waals surface area contributed by atoms with Crippen molar-refractivity contribution in [1.29, 1.82) is 0 Å². The molecule has 0 fully saturated rings. The Morgan fingerprint density at radius 3 is 2.86 bits per heavy atom. The average Bonchev–Trinajstić information content (AvgIpc) is 2.95. The van der Waals surface area contributed by atoms with Crippen LogP contribution in [0.5, 0.6) is 0 Å². The molecule has 1 atom stereocenters. The number of benzene rings is 1. The lowest BCUT2D eigenvalue weighted by Crippen LogP contribution is -2.17. The van der Waals surface area contributed by atoms with Crippen LogP contribution in [0.4, 0.5) is 5.82 Å². The summed E-state index contributed by atoms with van der Waals surface area (Å²) in [5, 5.41) is 11.1. The van der Waals surface area contributed by atoms with E-state index >= 15 is 0 Å². The number of halogens is 1. The topological polar surface area (TPSA) is 45.1 Å². The maximum Gasteiger partial charge on any atom is 0.196 e. The van der Waals surface area contributed by atoms with Gasteiger partial charge in [0, 0.05) is 16.3 Å². The van der Waals surface area contributed by atoms with E-state index in [1.807, 2.05) is 24.3 Å². The van der Waals surface area contributed by atoms with Gasteiger partial charge in [-0.1, -0.05) is 43.1 Å². The van der Waals surface area contributed by atoms with Crippen molar-refractivity contribution in [2.45, 2.75) is 25.7 Å². The van der Waals surface area contributed by atoms with Gasteiger partial charge in [0.2, 0.25) is 0 Å². The first-order valence-corrected chi connectivity index (χ1v) is 7.29. The van der Waals surface area contributed by atoms with Gasteiger partial charge in [-0.25, -0.2) is 4.85 Å². The maximum absolute atomic E-state index is 7.60. The van der Waals surface area contributed by atoms with Gasteiger partial charge in [-0.3, -0.25) is 5.10 Å². The average molecular weight is 299 g/mol. The Hall–Kier alpha value is -2.25. The van der Waals surface area contributed by atoms with Gasteiger partial charge in [0.15, 0.2) is 5.70 Å². The highest BCUT2D eigenvalue weighted by Crippen LogP contribution is 2.44. The smallest absolute Gasteiger partial charge is 0.196 e. The molecule has 5 heteroatoms. The summed E-state index contributed by atoms with van der Waals surface area (Å²) in [6.07, 6.45) is 3.57. The second-order valence-electron chi connectivity index (χ2n) is 5.01. The fraction of sp³-hybridized carbons (Fsp3) is 0.250. The number of fused-ring (bicyclic) bond motifs is 1. The van der Waals surface area contributed by atoms with E-state index in [2.05, 4.69) is 27.3 Å². The van der Waals surface area contributed by atoms with Crippen molar-refractivity contribution in [2.75, 3.05) is 5.32 Å². The molecule has 1 aliphatic heterocycles. The fourth-order valence-corrected chi connectivity index (χ4v) is 2.99. The summed E-state index contributed by atoms with van der Waals surface area (Å²) in [6, 6.07) is 7.69. The van der Waals surface area contributed by atoms with Crippen LogP contribution in [0.3, 0.4) is 0 Å². The number of rotatable bonds is 3. The van der Waals surface area contributed by atoms with Crippen LogP contribution < -0.4 is 5.32 Å². The van der Waals surface area contributed by atoms with Crippen molar-refractivity contribution in [3.8, 4) is 0 Å². The predicted molar refractivity (Wildman–Crippen MR) is 84.0 cm³/mol. The summed E-state index contributed by atoms with van der Waals surface area (Å²) in [6.45, 7) is 9.70. The number of nitrogens with zero attached hydrogens (tertiary/aromatic N) is 2. The van der Waals surface area contributed by atoms with Crippen molar-refractivity contribution in [3.05, 3.63) is 69.4 Å². The van der Waals surface area contributed by atoms with Crippen molar-refractivity contribution < 1.29 is 0 Å². The summed E-state index contributed by atoms with van der Waals surface area (Å²) in [4.78, 5) is 3.79. The van der Waals surface area contributed by atoms with Gasteiger partial charge in [0.25, 0.3) is 0 Å². The first-order chi connectivity index (χ1) is 10.3. The third-order valence-corrected chi connectivity index (χ3v) is 4.02. The summed E-state index contributed by atoms with van der Waals surface area (Å²) < 4.78 is 0. The lowest BCUT2D eigenvalue weighted by molar-refractivity contribution is 0.845. The highest BCUT2D eigenvalue weighted by molar-refractivity contribution is 6.31. The van der Waals surface area contributed by atoms with Crippen molar-refractivity contribution in [3.63, 3.8) is 0 Å². The normalized spacial score (nSPS) is 17.1. The van der Waals surface area contributed by atoms with Crippen molar-refractivity contribution in [1.82, 2.24) is 10.2 Å². The number of aromatic amines is 1. The van der Waals surface area contributed by atoms with Crippen LogP contribution in [0, 0.1) is 6.57 Å². The summed E-state index contributed by atoms with van der Waals surface area (Å²) in [7, 11) is 0. The summed E-state index contributed by atoms with van der Waals surface area (Å²) in [5.74, 6) is 0.698. The molecule has 2 aromatic rings. The minimum Gasteiger partial charge on any atom is -0.354 e. The molecule has 2 heterocycles. The molecule has 0 radical (unpaired) electrons. The van der Waals surface area contributed by atoms with E-state index in [0.717, 1.165) is 35.5 Å². The second kappa shape index (κ2) is 5.63. The molecular weight excluding hydrogens is 284 g/mol. The van der Waals surface area contributed by atoms with Crippen LogP contribution in [0.2, 0.25) is 5.02 Å². The van der Waals surface area contributed by atoms with Gasteiger partial charge >= 0.3 is 0 Å². The molecule has 2 N–H and O–H groups in total. The summed E-state index contributed by atoms with van der Waals surface area (Å²) in [5.41, 5.74) is 3.57. The van der Waals surface area contributed by atoms with Crippen molar-refractivity contribution in [2.24, 2.45) is 0 Å². The predicted octanol–water partition coefficient (Wildman–Crippen LogP) is 4.55. The van der Waals surface area contributed by atoms with E-state index in [9.17, 15) is 0 Å². The molecule has 3 rings (SSSR count). The van der Waals surface area contributed by atoms with Gasteiger partial charge in [-0.05, 0) is 18.1 Å². The SMILES string of the molecule is [C-]#[N+]C1=C(CCC)Nc2[nH]ncc2C1c1ccccc1Cl. The van der Waals surface area contributed by atoms with Gasteiger partial charge in [0.05, 0.1) is 18.7 Å². The molecular formula is C16H15ClN4. The van der Waals surface area contributed by atoms with Crippen LogP contribution in [-0.2, 0) is 0 Å². The molecule has 0 amide bonds. The Balaban J connectivity index is 2.20. The van der Waals surface area contributed by atoms with Crippen molar-refractivity contribution >= 4 is 17.4 Å². The van der Waals surface area contributed by atoms with Gasteiger partial charge < -0.3 is 5.32 Å². The molecule has 0 saturated heterocycles. The molecule has 106 valence electrons. The molecule has 1 unspecified atom stereocenters. The number of nitrogens with one attached hydrogen (secondary N) is 2. The lowest BCUT2D eigenvalue weighted by atomic mass is 9.86. The van der Waals surface area contributed by atoms with E-state index in [-0.39, 0.29) is 5.92 Å². The quantitative estimate of drug-likeness (QED) is 0.816. The second-order valence-corrected chi connectivity index (χ2v) is 5.41. The third-order valence-electron chi connectivity index (χ3n) is 3.67. The highest BCUT2D eigenvalue weighted by Gasteiger charge is 2.32. The molecule has 0 saturated carbocycles. The van der Waals surface area contributed by atoms with E-state index < -0.39 is 0 Å². The summed E-state index contributed by atoms with van der Waals surface area (Å²) >= 11 is 6.36. The molecule has 1 aromatic carbocycles. The van der Waals surface area contributed by atoms with Gasteiger partial charge in [-0.2, -0.15) is 5.10 Å².